The maximum absolute atomic E-state index is 12.4. The molecule has 0 bridgehead atoms. The minimum atomic E-state index is -0.872. The highest BCUT2D eigenvalue weighted by atomic mass is 16.6. The number of carbonyl (C=O) groups is 1. The van der Waals surface area contributed by atoms with Crippen molar-refractivity contribution in [2.75, 3.05) is 6.61 Å². The molecule has 0 amide bonds. The zero-order valence-corrected chi connectivity index (χ0v) is 13.0. The van der Waals surface area contributed by atoms with Crippen LogP contribution in [0, 0.1) is 10.1 Å². The molecule has 0 N–H and O–H groups in total. The van der Waals surface area contributed by atoms with Crippen molar-refractivity contribution in [2.45, 2.75) is 13.0 Å². The number of benzene rings is 2. The van der Waals surface area contributed by atoms with Crippen LogP contribution in [-0.4, -0.2) is 27.3 Å². The van der Waals surface area contributed by atoms with Crippen LogP contribution < -0.4 is 0 Å². The van der Waals surface area contributed by atoms with Crippen molar-refractivity contribution in [1.29, 1.82) is 0 Å². The van der Waals surface area contributed by atoms with Crippen molar-refractivity contribution >= 4 is 22.4 Å². The second-order valence-electron chi connectivity index (χ2n) is 5.20. The Morgan fingerprint density at radius 3 is 2.71 bits per heavy atom. The number of ether oxygens (including phenoxy) is 1. The molecule has 1 heterocycles. The van der Waals surface area contributed by atoms with E-state index in [4.69, 9.17) is 4.74 Å². The Balaban J connectivity index is 2.08. The zero-order valence-electron chi connectivity index (χ0n) is 13.0. The predicted molar refractivity (Wildman–Crippen MR) is 87.6 cm³/mol. The van der Waals surface area contributed by atoms with E-state index in [0.717, 1.165) is 17.0 Å². The smallest absolute Gasteiger partial charge is 0.335 e. The first-order valence-corrected chi connectivity index (χ1v) is 7.44. The van der Waals surface area contributed by atoms with E-state index in [1.165, 1.54) is 10.9 Å². The number of hydrogen-bond acceptors (Lipinski definition) is 5. The summed E-state index contributed by atoms with van der Waals surface area (Å²) in [5, 5.41) is 16.9. The Labute approximate surface area is 137 Å². The maximum Gasteiger partial charge on any atom is 0.335 e. The van der Waals surface area contributed by atoms with Crippen molar-refractivity contribution in [2.24, 2.45) is 0 Å². The lowest BCUT2D eigenvalue weighted by atomic mass is 10.0. The number of fused-ring (bicyclic) bond motifs is 1. The van der Waals surface area contributed by atoms with Gasteiger partial charge in [-0.2, -0.15) is 5.10 Å². The lowest BCUT2D eigenvalue weighted by Crippen LogP contribution is -2.23. The monoisotopic (exact) mass is 325 g/mol. The fourth-order valence-corrected chi connectivity index (χ4v) is 2.56. The second kappa shape index (κ2) is 6.49. The molecule has 3 aromatic rings. The van der Waals surface area contributed by atoms with E-state index in [1.807, 2.05) is 36.4 Å². The molecule has 2 aromatic carbocycles. The number of esters is 1. The molecule has 7 nitrogen and oxygen atoms in total. The first kappa shape index (κ1) is 15.7. The molecule has 0 aliphatic heterocycles. The number of nitrogens with zero attached hydrogens (tertiary/aromatic N) is 3. The third-order valence-corrected chi connectivity index (χ3v) is 3.66. The number of rotatable bonds is 5. The van der Waals surface area contributed by atoms with Crippen LogP contribution in [0.25, 0.3) is 10.8 Å². The molecule has 0 fully saturated rings. The fraction of sp³-hybridized carbons (Fsp3) is 0.176. The molecular weight excluding hydrogens is 310 g/mol. The van der Waals surface area contributed by atoms with Gasteiger partial charge >= 0.3 is 11.7 Å². The Bertz CT molecular complexity index is 903. The zero-order chi connectivity index (χ0) is 17.1. The van der Waals surface area contributed by atoms with Crippen LogP contribution in [0.15, 0.2) is 54.9 Å². The van der Waals surface area contributed by atoms with Gasteiger partial charge in [-0.15, -0.1) is 0 Å². The minimum absolute atomic E-state index is 0.176. The summed E-state index contributed by atoms with van der Waals surface area (Å²) >= 11 is 0. The molecule has 1 atom stereocenters. The van der Waals surface area contributed by atoms with E-state index < -0.39 is 16.9 Å². The van der Waals surface area contributed by atoms with E-state index >= 15 is 0 Å². The molecule has 7 heteroatoms. The van der Waals surface area contributed by atoms with E-state index in [2.05, 4.69) is 5.10 Å². The van der Waals surface area contributed by atoms with Crippen LogP contribution in [0.3, 0.4) is 0 Å². The third-order valence-electron chi connectivity index (χ3n) is 3.66. The van der Waals surface area contributed by atoms with Gasteiger partial charge in [0.15, 0.2) is 6.04 Å². The Morgan fingerprint density at radius 1 is 1.29 bits per heavy atom. The van der Waals surface area contributed by atoms with Crippen LogP contribution in [0.5, 0.6) is 0 Å². The number of carbonyl (C=O) groups excluding carboxylic acids is 1. The van der Waals surface area contributed by atoms with Gasteiger partial charge in [0.1, 0.15) is 12.4 Å². The van der Waals surface area contributed by atoms with Gasteiger partial charge in [0.2, 0.25) is 0 Å². The topological polar surface area (TPSA) is 87.3 Å². The quantitative estimate of drug-likeness (QED) is 0.408. The first-order chi connectivity index (χ1) is 11.6. The molecule has 0 radical (unpaired) electrons. The summed E-state index contributed by atoms with van der Waals surface area (Å²) < 4.78 is 6.39. The van der Waals surface area contributed by atoms with Crippen molar-refractivity contribution in [1.82, 2.24) is 9.78 Å². The van der Waals surface area contributed by atoms with Gasteiger partial charge in [-0.05, 0) is 29.3 Å². The fourth-order valence-electron chi connectivity index (χ4n) is 2.56. The highest BCUT2D eigenvalue weighted by molar-refractivity contribution is 5.85. The van der Waals surface area contributed by atoms with Crippen molar-refractivity contribution in [3.63, 3.8) is 0 Å². The van der Waals surface area contributed by atoms with Crippen LogP contribution >= 0.6 is 0 Å². The lowest BCUT2D eigenvalue weighted by Gasteiger charge is -2.16. The molecule has 1 unspecified atom stereocenters. The summed E-state index contributed by atoms with van der Waals surface area (Å²) in [6, 6.07) is 12.4. The van der Waals surface area contributed by atoms with E-state index in [-0.39, 0.29) is 12.3 Å². The van der Waals surface area contributed by atoms with E-state index in [1.54, 1.807) is 13.0 Å². The maximum atomic E-state index is 12.4. The highest BCUT2D eigenvalue weighted by Gasteiger charge is 2.26. The van der Waals surface area contributed by atoms with Gasteiger partial charge in [-0.1, -0.05) is 36.4 Å². The van der Waals surface area contributed by atoms with Crippen LogP contribution in [0.2, 0.25) is 0 Å². The molecular formula is C17H15N3O4. The van der Waals surface area contributed by atoms with E-state index in [9.17, 15) is 14.9 Å². The molecule has 0 saturated heterocycles. The van der Waals surface area contributed by atoms with Gasteiger partial charge in [0, 0.05) is 0 Å². The molecule has 122 valence electrons. The molecule has 24 heavy (non-hydrogen) atoms. The van der Waals surface area contributed by atoms with Gasteiger partial charge < -0.3 is 4.74 Å². The average molecular weight is 325 g/mol. The Kier molecular flexibility index (Phi) is 4.24. The van der Waals surface area contributed by atoms with Gasteiger partial charge in [0.05, 0.1) is 11.5 Å². The average Bonchev–Trinajstić information content (AvgIpc) is 3.05. The van der Waals surface area contributed by atoms with Crippen molar-refractivity contribution in [3.05, 3.63) is 70.5 Å². The molecule has 0 aliphatic rings. The lowest BCUT2D eigenvalue weighted by molar-refractivity contribution is -0.385. The molecule has 1 aromatic heterocycles. The second-order valence-corrected chi connectivity index (χ2v) is 5.20. The predicted octanol–water partition coefficient (Wildman–Crippen LogP) is 3.10. The standard InChI is InChI=1S/C17H15N3O4/c1-2-24-17(21)16(19-11-15(10-18-19)20(22)23)14-8-7-12-5-3-4-6-13(12)9-14/h3-11,16H,2H2,1H3. The molecule has 0 saturated carbocycles. The number of nitro groups is 1. The van der Waals surface area contributed by atoms with Gasteiger partial charge in [0.25, 0.3) is 0 Å². The number of hydrogen-bond donors (Lipinski definition) is 0. The normalized spacial score (nSPS) is 12.0. The molecule has 3 rings (SSSR count). The summed E-state index contributed by atoms with van der Waals surface area (Å²) in [4.78, 5) is 22.7. The van der Waals surface area contributed by atoms with Crippen molar-refractivity contribution in [3.8, 4) is 0 Å². The van der Waals surface area contributed by atoms with Gasteiger partial charge in [-0.25, -0.2) is 9.48 Å². The van der Waals surface area contributed by atoms with E-state index in [0.29, 0.717) is 5.56 Å². The summed E-state index contributed by atoms with van der Waals surface area (Å²) in [7, 11) is 0. The molecule has 0 spiro atoms. The summed E-state index contributed by atoms with van der Waals surface area (Å²) in [5.74, 6) is -0.509. The summed E-state index contributed by atoms with van der Waals surface area (Å²) in [5.41, 5.74) is 0.482. The van der Waals surface area contributed by atoms with Crippen LogP contribution in [-0.2, 0) is 9.53 Å². The summed E-state index contributed by atoms with van der Waals surface area (Å²) in [6.07, 6.45) is 2.35. The minimum Gasteiger partial charge on any atom is -0.464 e. The SMILES string of the molecule is CCOC(=O)C(c1ccc2ccccc2c1)n1cc([N+](=O)[O-])cn1. The number of aromatic nitrogens is 2. The largest absolute Gasteiger partial charge is 0.464 e. The van der Waals surface area contributed by atoms with Gasteiger partial charge in [-0.3, -0.25) is 10.1 Å². The van der Waals surface area contributed by atoms with Crippen LogP contribution in [0.1, 0.15) is 18.5 Å². The summed E-state index contributed by atoms with van der Waals surface area (Å²) in [6.45, 7) is 1.92. The first-order valence-electron chi connectivity index (χ1n) is 7.44. The van der Waals surface area contributed by atoms with Crippen LogP contribution in [0.4, 0.5) is 5.69 Å². The Hall–Kier alpha value is -3.22. The third kappa shape index (κ3) is 2.96. The highest BCUT2D eigenvalue weighted by Crippen LogP contribution is 2.25. The molecule has 0 aliphatic carbocycles. The Morgan fingerprint density at radius 2 is 2.04 bits per heavy atom. The van der Waals surface area contributed by atoms with Crippen molar-refractivity contribution < 1.29 is 14.5 Å².